The van der Waals surface area contributed by atoms with Gasteiger partial charge in [-0.25, -0.2) is 12.8 Å². The summed E-state index contributed by atoms with van der Waals surface area (Å²) in [4.78, 5) is -0.0596. The van der Waals surface area contributed by atoms with Gasteiger partial charge in [0, 0.05) is 29.3 Å². The second kappa shape index (κ2) is 8.66. The third-order valence-corrected chi connectivity index (χ3v) is 7.01. The lowest BCUT2D eigenvalue weighted by molar-refractivity contribution is -0.376. The summed E-state index contributed by atoms with van der Waals surface area (Å²) >= 11 is 0. The van der Waals surface area contributed by atoms with E-state index >= 15 is 0 Å². The van der Waals surface area contributed by atoms with Gasteiger partial charge >= 0.3 is 12.4 Å². The van der Waals surface area contributed by atoms with Crippen molar-refractivity contribution in [3.63, 3.8) is 0 Å². The van der Waals surface area contributed by atoms with Crippen molar-refractivity contribution in [1.82, 2.24) is 0 Å². The molecule has 0 saturated carbocycles. The van der Waals surface area contributed by atoms with Gasteiger partial charge < -0.3 is 9.84 Å². The number of aliphatic hydroxyl groups is 1. The first-order chi connectivity index (χ1) is 16.6. The van der Waals surface area contributed by atoms with Crippen molar-refractivity contribution in [2.45, 2.75) is 29.3 Å². The van der Waals surface area contributed by atoms with Crippen LogP contribution in [-0.2, 0) is 22.0 Å². The van der Waals surface area contributed by atoms with Gasteiger partial charge in [-0.3, -0.25) is 4.72 Å². The number of hydrogen-bond acceptors (Lipinski definition) is 4. The van der Waals surface area contributed by atoms with Gasteiger partial charge in [0.25, 0.3) is 15.6 Å². The van der Waals surface area contributed by atoms with Crippen LogP contribution >= 0.6 is 0 Å². The maximum atomic E-state index is 14.6. The number of ether oxygens (including phenoxy) is 1. The predicted molar refractivity (Wildman–Crippen MR) is 114 cm³/mol. The molecule has 1 aliphatic heterocycles. The maximum absolute atomic E-state index is 14.6. The molecule has 0 unspecified atom stereocenters. The molecule has 0 amide bonds. The molecule has 0 aromatic heterocycles. The fourth-order valence-corrected chi connectivity index (χ4v) is 4.78. The zero-order valence-corrected chi connectivity index (χ0v) is 18.7. The summed E-state index contributed by atoms with van der Waals surface area (Å²) in [6.45, 7) is 0.441. The van der Waals surface area contributed by atoms with E-state index in [1.165, 1.54) is 36.4 Å². The normalized spacial score (nSPS) is 14.3. The van der Waals surface area contributed by atoms with Crippen LogP contribution in [-0.4, -0.2) is 32.5 Å². The molecule has 13 heteroatoms. The first-order valence-electron chi connectivity index (χ1n) is 10.2. The van der Waals surface area contributed by atoms with Crippen LogP contribution in [0.4, 0.5) is 36.4 Å². The van der Waals surface area contributed by atoms with Crippen LogP contribution in [0.5, 0.6) is 5.75 Å². The van der Waals surface area contributed by atoms with Gasteiger partial charge in [0.05, 0.1) is 11.5 Å². The van der Waals surface area contributed by atoms with Crippen molar-refractivity contribution < 1.29 is 49.0 Å². The molecule has 4 rings (SSSR count). The Morgan fingerprint density at radius 2 is 1.50 bits per heavy atom. The minimum absolute atomic E-state index is 0.0375. The van der Waals surface area contributed by atoms with Crippen LogP contribution in [0.3, 0.4) is 0 Å². The average Bonchev–Trinajstić information content (AvgIpc) is 3.25. The molecule has 192 valence electrons. The Balaban J connectivity index is 1.59. The summed E-state index contributed by atoms with van der Waals surface area (Å²) in [6.07, 6.45) is -11.6. The highest BCUT2D eigenvalue weighted by Gasteiger charge is 2.71. The molecule has 0 saturated heterocycles. The number of fused-ring (bicyclic) bond motifs is 1. The fourth-order valence-electron chi connectivity index (χ4n) is 3.71. The standard InChI is InChI=1S/C23H16F7NO4S/c24-19-11-15(21(32,22(25,26)27)23(28,29)30)4-8-18(19)13-1-5-16(6-2-13)31-36(33,34)17-7-3-14-9-10-35-20(14)12-17/h1-8,11-12,31-32H,9-10H2. The summed E-state index contributed by atoms with van der Waals surface area (Å²) < 4.78 is 126. The third kappa shape index (κ3) is 4.48. The SMILES string of the molecule is O=S(=O)(Nc1ccc(-c2ccc(C(O)(C(F)(F)F)C(F)(F)F)cc2F)cc1)c1ccc2c(c1)OCC2. The second-order valence-corrected chi connectivity index (χ2v) is 9.63. The molecular weight excluding hydrogens is 519 g/mol. The number of rotatable bonds is 5. The van der Waals surface area contributed by atoms with E-state index in [2.05, 4.69) is 4.72 Å². The van der Waals surface area contributed by atoms with Crippen LogP contribution in [0.15, 0.2) is 65.6 Å². The molecule has 0 radical (unpaired) electrons. The van der Waals surface area contributed by atoms with E-state index in [1.807, 2.05) is 0 Å². The quantitative estimate of drug-likeness (QED) is 0.421. The Bertz CT molecular complexity index is 1390. The number of halogens is 7. The minimum atomic E-state index is -6.15. The van der Waals surface area contributed by atoms with Crippen LogP contribution in [0.2, 0.25) is 0 Å². The number of hydrogen-bond donors (Lipinski definition) is 2. The Morgan fingerprint density at radius 3 is 2.08 bits per heavy atom. The van der Waals surface area contributed by atoms with E-state index < -0.39 is 39.4 Å². The van der Waals surface area contributed by atoms with E-state index in [9.17, 15) is 44.3 Å². The van der Waals surface area contributed by atoms with Gasteiger partial charge in [-0.15, -0.1) is 0 Å². The van der Waals surface area contributed by atoms with Gasteiger partial charge in [0.15, 0.2) is 0 Å². The number of sulfonamides is 1. The molecule has 0 atom stereocenters. The Kier molecular flexibility index (Phi) is 6.20. The molecule has 5 nitrogen and oxygen atoms in total. The molecule has 1 aliphatic rings. The third-order valence-electron chi connectivity index (χ3n) is 5.63. The first kappa shape index (κ1) is 25.8. The van der Waals surface area contributed by atoms with Crippen molar-refractivity contribution in [1.29, 1.82) is 0 Å². The van der Waals surface area contributed by atoms with Crippen LogP contribution < -0.4 is 9.46 Å². The van der Waals surface area contributed by atoms with E-state index in [0.717, 1.165) is 5.56 Å². The highest BCUT2D eigenvalue weighted by atomic mass is 32.2. The first-order valence-corrected chi connectivity index (χ1v) is 11.7. The highest BCUT2D eigenvalue weighted by Crippen LogP contribution is 2.50. The summed E-state index contributed by atoms with van der Waals surface area (Å²) in [7, 11) is -4.02. The highest BCUT2D eigenvalue weighted by molar-refractivity contribution is 7.92. The van der Waals surface area contributed by atoms with Crippen molar-refractivity contribution in [3.05, 3.63) is 77.6 Å². The number of alkyl halides is 6. The lowest BCUT2D eigenvalue weighted by atomic mass is 9.90. The van der Waals surface area contributed by atoms with E-state index in [-0.39, 0.29) is 27.8 Å². The average molecular weight is 535 g/mol. The molecule has 1 heterocycles. The summed E-state index contributed by atoms with van der Waals surface area (Å²) in [6, 6.07) is 10.3. The van der Waals surface area contributed by atoms with Gasteiger partial charge in [0.2, 0.25) is 0 Å². The zero-order valence-electron chi connectivity index (χ0n) is 17.9. The molecule has 0 aliphatic carbocycles. The Hall–Kier alpha value is -3.32. The number of anilines is 1. The Labute approximate surface area is 200 Å². The number of nitrogens with one attached hydrogen (secondary N) is 1. The molecule has 0 bridgehead atoms. The van der Waals surface area contributed by atoms with E-state index in [1.54, 1.807) is 6.07 Å². The van der Waals surface area contributed by atoms with Crippen LogP contribution in [0.1, 0.15) is 11.1 Å². The Morgan fingerprint density at radius 1 is 0.861 bits per heavy atom. The molecular formula is C23H16F7NO4S. The lowest BCUT2D eigenvalue weighted by Gasteiger charge is -2.32. The molecule has 36 heavy (non-hydrogen) atoms. The monoisotopic (exact) mass is 535 g/mol. The van der Waals surface area contributed by atoms with Gasteiger partial charge in [-0.05, 0) is 35.4 Å². The maximum Gasteiger partial charge on any atom is 0.430 e. The van der Waals surface area contributed by atoms with Crippen LogP contribution in [0, 0.1) is 5.82 Å². The van der Waals surface area contributed by atoms with E-state index in [4.69, 9.17) is 4.74 Å². The summed E-state index contributed by atoms with van der Waals surface area (Å²) in [5, 5.41) is 9.44. The van der Waals surface area contributed by atoms with Gasteiger partial charge in [0.1, 0.15) is 11.6 Å². The molecule has 0 spiro atoms. The topological polar surface area (TPSA) is 75.6 Å². The lowest BCUT2D eigenvalue weighted by Crippen LogP contribution is -2.53. The van der Waals surface area contributed by atoms with Crippen LogP contribution in [0.25, 0.3) is 11.1 Å². The van der Waals surface area contributed by atoms with Crippen molar-refractivity contribution >= 4 is 15.7 Å². The van der Waals surface area contributed by atoms with Crippen molar-refractivity contribution in [2.75, 3.05) is 11.3 Å². The van der Waals surface area contributed by atoms with Crippen molar-refractivity contribution in [2.24, 2.45) is 0 Å². The number of benzene rings is 3. The molecule has 0 fully saturated rings. The molecule has 2 N–H and O–H groups in total. The van der Waals surface area contributed by atoms with E-state index in [0.29, 0.717) is 30.9 Å². The second-order valence-electron chi connectivity index (χ2n) is 7.95. The zero-order chi connectivity index (χ0) is 26.5. The minimum Gasteiger partial charge on any atom is -0.493 e. The van der Waals surface area contributed by atoms with Gasteiger partial charge in [-0.1, -0.05) is 30.3 Å². The fraction of sp³-hybridized carbons (Fsp3) is 0.217. The molecule has 3 aromatic rings. The summed E-state index contributed by atoms with van der Waals surface area (Å²) in [5.74, 6) is -0.999. The smallest absolute Gasteiger partial charge is 0.430 e. The largest absolute Gasteiger partial charge is 0.493 e. The van der Waals surface area contributed by atoms with Crippen molar-refractivity contribution in [3.8, 4) is 16.9 Å². The predicted octanol–water partition coefficient (Wildman–Crippen LogP) is 5.54. The summed E-state index contributed by atoms with van der Waals surface area (Å²) in [5.41, 5.74) is -6.38. The molecule has 3 aromatic carbocycles. The van der Waals surface area contributed by atoms with Gasteiger partial charge in [-0.2, -0.15) is 26.3 Å².